The SMILES string of the molecule is CN(c1cccc(CN2C(=O)CC3=C(CCCC3)C2=O)c1)S(C)(=O)=O. The van der Waals surface area contributed by atoms with E-state index >= 15 is 0 Å². The number of carbonyl (C=O) groups excluding carboxylic acids is 2. The summed E-state index contributed by atoms with van der Waals surface area (Å²) >= 11 is 0. The van der Waals surface area contributed by atoms with Crippen LogP contribution in [0.4, 0.5) is 5.69 Å². The number of carbonyl (C=O) groups is 2. The monoisotopic (exact) mass is 362 g/mol. The second-order valence-corrected chi connectivity index (χ2v) is 8.67. The molecule has 2 amide bonds. The summed E-state index contributed by atoms with van der Waals surface area (Å²) in [6.07, 6.45) is 5.07. The lowest BCUT2D eigenvalue weighted by Crippen LogP contribution is -2.41. The summed E-state index contributed by atoms with van der Waals surface area (Å²) in [6, 6.07) is 6.92. The van der Waals surface area contributed by atoms with Crippen molar-refractivity contribution in [3.8, 4) is 0 Å². The fourth-order valence-corrected chi connectivity index (χ4v) is 3.86. The lowest BCUT2D eigenvalue weighted by atomic mass is 9.86. The van der Waals surface area contributed by atoms with Crippen LogP contribution in [-0.2, 0) is 26.2 Å². The van der Waals surface area contributed by atoms with Crippen molar-refractivity contribution < 1.29 is 18.0 Å². The van der Waals surface area contributed by atoms with Crippen LogP contribution in [-0.4, -0.2) is 38.4 Å². The largest absolute Gasteiger partial charge is 0.274 e. The van der Waals surface area contributed by atoms with E-state index in [1.807, 2.05) is 0 Å². The molecule has 3 rings (SSSR count). The number of nitrogens with zero attached hydrogens (tertiary/aromatic N) is 2. The zero-order valence-electron chi connectivity index (χ0n) is 14.5. The molecule has 0 aromatic heterocycles. The van der Waals surface area contributed by atoms with Gasteiger partial charge < -0.3 is 0 Å². The van der Waals surface area contributed by atoms with Crippen molar-refractivity contribution >= 4 is 27.5 Å². The first-order valence-corrected chi connectivity index (χ1v) is 10.2. The normalized spacial score (nSPS) is 18.4. The number of benzene rings is 1. The van der Waals surface area contributed by atoms with Crippen LogP contribution in [0, 0.1) is 0 Å². The van der Waals surface area contributed by atoms with E-state index in [0.29, 0.717) is 12.1 Å². The van der Waals surface area contributed by atoms with E-state index in [1.165, 1.54) is 16.3 Å². The van der Waals surface area contributed by atoms with Gasteiger partial charge in [0.05, 0.1) is 18.5 Å². The van der Waals surface area contributed by atoms with Gasteiger partial charge in [0.15, 0.2) is 0 Å². The Bertz CT molecular complexity index is 858. The highest BCUT2D eigenvalue weighted by molar-refractivity contribution is 7.92. The molecular formula is C18H22N2O4S. The zero-order chi connectivity index (χ0) is 18.2. The summed E-state index contributed by atoms with van der Waals surface area (Å²) in [7, 11) is -1.89. The number of imide groups is 1. The minimum Gasteiger partial charge on any atom is -0.274 e. The van der Waals surface area contributed by atoms with Crippen LogP contribution in [0.1, 0.15) is 37.7 Å². The predicted octanol–water partition coefficient (Wildman–Crippen LogP) is 2.21. The molecule has 2 aliphatic rings. The van der Waals surface area contributed by atoms with Gasteiger partial charge in [0.25, 0.3) is 5.91 Å². The third-order valence-electron chi connectivity index (χ3n) is 4.86. The number of hydrogen-bond acceptors (Lipinski definition) is 4. The van der Waals surface area contributed by atoms with E-state index in [4.69, 9.17) is 0 Å². The summed E-state index contributed by atoms with van der Waals surface area (Å²) in [5.41, 5.74) is 3.04. The molecule has 1 aromatic carbocycles. The van der Waals surface area contributed by atoms with Gasteiger partial charge in [-0.3, -0.25) is 18.8 Å². The van der Waals surface area contributed by atoms with Gasteiger partial charge in [0.1, 0.15) is 0 Å². The van der Waals surface area contributed by atoms with Crippen LogP contribution in [0.25, 0.3) is 0 Å². The van der Waals surface area contributed by atoms with E-state index in [1.54, 1.807) is 24.3 Å². The first-order chi connectivity index (χ1) is 11.8. The molecule has 1 aliphatic carbocycles. The highest BCUT2D eigenvalue weighted by atomic mass is 32.2. The minimum absolute atomic E-state index is 0.167. The molecule has 0 fully saturated rings. The Morgan fingerprint density at radius 1 is 1.16 bits per heavy atom. The highest BCUT2D eigenvalue weighted by Crippen LogP contribution is 2.33. The Morgan fingerprint density at radius 2 is 1.88 bits per heavy atom. The van der Waals surface area contributed by atoms with Gasteiger partial charge in [-0.1, -0.05) is 17.7 Å². The second-order valence-electron chi connectivity index (χ2n) is 6.65. The van der Waals surface area contributed by atoms with E-state index in [0.717, 1.165) is 48.6 Å². The second kappa shape index (κ2) is 6.63. The molecule has 0 saturated carbocycles. The molecule has 0 unspecified atom stereocenters. The number of rotatable bonds is 4. The molecule has 0 radical (unpaired) electrons. The molecule has 134 valence electrons. The summed E-state index contributed by atoms with van der Waals surface area (Å²) in [6.45, 7) is 0.167. The van der Waals surface area contributed by atoms with Gasteiger partial charge >= 0.3 is 0 Å². The maximum Gasteiger partial charge on any atom is 0.256 e. The molecule has 1 aromatic rings. The van der Waals surface area contributed by atoms with Crippen molar-refractivity contribution in [2.75, 3.05) is 17.6 Å². The maximum atomic E-state index is 12.7. The van der Waals surface area contributed by atoms with Gasteiger partial charge in [-0.2, -0.15) is 0 Å². The van der Waals surface area contributed by atoms with Crippen LogP contribution in [0.15, 0.2) is 35.4 Å². The van der Waals surface area contributed by atoms with E-state index in [-0.39, 0.29) is 18.4 Å². The third kappa shape index (κ3) is 3.61. The topological polar surface area (TPSA) is 74.8 Å². The summed E-state index contributed by atoms with van der Waals surface area (Å²) < 4.78 is 24.6. The first-order valence-electron chi connectivity index (χ1n) is 8.36. The highest BCUT2D eigenvalue weighted by Gasteiger charge is 2.33. The number of sulfonamides is 1. The standard InChI is InChI=1S/C18H22N2O4S/c1-19(25(2,23)24)15-8-5-6-13(10-15)12-20-17(21)11-14-7-3-4-9-16(14)18(20)22/h5-6,8,10H,3-4,7,9,11-12H2,1-2H3. The van der Waals surface area contributed by atoms with Crippen LogP contribution in [0.3, 0.4) is 0 Å². The van der Waals surface area contributed by atoms with E-state index in [9.17, 15) is 18.0 Å². The van der Waals surface area contributed by atoms with Gasteiger partial charge in [0.2, 0.25) is 15.9 Å². The van der Waals surface area contributed by atoms with Crippen molar-refractivity contribution in [1.82, 2.24) is 4.90 Å². The molecule has 0 spiro atoms. The van der Waals surface area contributed by atoms with Crippen molar-refractivity contribution in [1.29, 1.82) is 0 Å². The molecule has 1 aliphatic heterocycles. The quantitative estimate of drug-likeness (QED) is 0.770. The fraction of sp³-hybridized carbons (Fsp3) is 0.444. The number of anilines is 1. The Hall–Kier alpha value is -2.15. The average Bonchev–Trinajstić information content (AvgIpc) is 2.57. The van der Waals surface area contributed by atoms with E-state index < -0.39 is 10.0 Å². The van der Waals surface area contributed by atoms with Crippen molar-refractivity contribution in [2.45, 2.75) is 38.6 Å². The Labute approximate surface area is 148 Å². The Kier molecular flexibility index (Phi) is 4.69. The van der Waals surface area contributed by atoms with Gasteiger partial charge in [-0.15, -0.1) is 0 Å². The minimum atomic E-state index is -3.36. The summed E-state index contributed by atoms with van der Waals surface area (Å²) in [5.74, 6) is -0.361. The maximum absolute atomic E-state index is 12.7. The lowest BCUT2D eigenvalue weighted by Gasteiger charge is -2.31. The fourth-order valence-electron chi connectivity index (χ4n) is 3.36. The third-order valence-corrected chi connectivity index (χ3v) is 6.07. The van der Waals surface area contributed by atoms with Crippen molar-refractivity contribution in [3.63, 3.8) is 0 Å². The molecule has 0 saturated heterocycles. The van der Waals surface area contributed by atoms with Gasteiger partial charge in [-0.25, -0.2) is 8.42 Å². The average molecular weight is 362 g/mol. The van der Waals surface area contributed by atoms with Crippen LogP contribution in [0.5, 0.6) is 0 Å². The molecular weight excluding hydrogens is 340 g/mol. The predicted molar refractivity (Wildman–Crippen MR) is 95.4 cm³/mol. The van der Waals surface area contributed by atoms with Gasteiger partial charge in [-0.05, 0) is 43.4 Å². The summed E-state index contributed by atoms with van der Waals surface area (Å²) in [5, 5.41) is 0. The van der Waals surface area contributed by atoms with Crippen LogP contribution >= 0.6 is 0 Å². The number of hydrogen-bond donors (Lipinski definition) is 0. The van der Waals surface area contributed by atoms with Gasteiger partial charge in [0, 0.05) is 19.0 Å². The molecule has 0 atom stereocenters. The Morgan fingerprint density at radius 3 is 2.60 bits per heavy atom. The first kappa shape index (κ1) is 17.7. The number of amides is 2. The van der Waals surface area contributed by atoms with Crippen LogP contribution < -0.4 is 4.31 Å². The Balaban J connectivity index is 1.84. The smallest absolute Gasteiger partial charge is 0.256 e. The summed E-state index contributed by atoms with van der Waals surface area (Å²) in [4.78, 5) is 26.4. The molecule has 0 bridgehead atoms. The molecule has 7 heteroatoms. The lowest BCUT2D eigenvalue weighted by molar-refractivity contribution is -0.144. The van der Waals surface area contributed by atoms with Crippen molar-refractivity contribution in [3.05, 3.63) is 41.0 Å². The molecule has 1 heterocycles. The van der Waals surface area contributed by atoms with E-state index in [2.05, 4.69) is 0 Å². The molecule has 0 N–H and O–H groups in total. The van der Waals surface area contributed by atoms with Crippen molar-refractivity contribution in [2.24, 2.45) is 0 Å². The van der Waals surface area contributed by atoms with Crippen LogP contribution in [0.2, 0.25) is 0 Å². The zero-order valence-corrected chi connectivity index (χ0v) is 15.3. The molecule has 25 heavy (non-hydrogen) atoms. The molecule has 6 nitrogen and oxygen atoms in total.